The van der Waals surface area contributed by atoms with Gasteiger partial charge in [-0.25, -0.2) is 4.98 Å². The molecule has 1 heterocycles. The summed E-state index contributed by atoms with van der Waals surface area (Å²) in [6.07, 6.45) is 2.01. The molecule has 172 valence electrons. The zero-order chi connectivity index (χ0) is 24.3. The van der Waals surface area contributed by atoms with E-state index in [-0.39, 0.29) is 5.56 Å². The molecule has 0 aliphatic rings. The lowest BCUT2D eigenvalue weighted by atomic mass is 10.2. The molecule has 0 unspecified atom stereocenters. The highest BCUT2D eigenvalue weighted by Crippen LogP contribution is 2.54. The summed E-state index contributed by atoms with van der Waals surface area (Å²) >= 11 is 1.54. The molecule has 3 nitrogen and oxygen atoms in total. The molecular formula is C30H26N2OPS+. The van der Waals surface area contributed by atoms with Crippen molar-refractivity contribution in [3.8, 4) is 11.4 Å². The number of hydrogen-bond donors (Lipinski definition) is 0. The molecule has 0 aliphatic carbocycles. The Morgan fingerprint density at radius 1 is 0.657 bits per heavy atom. The van der Waals surface area contributed by atoms with Gasteiger partial charge in [0.05, 0.1) is 0 Å². The highest BCUT2D eigenvalue weighted by atomic mass is 32.2. The lowest BCUT2D eigenvalue weighted by Gasteiger charge is -2.28. The van der Waals surface area contributed by atoms with Crippen molar-refractivity contribution in [2.24, 2.45) is 7.05 Å². The second-order valence-corrected chi connectivity index (χ2v) is 12.3. The first kappa shape index (κ1) is 23.3. The highest BCUT2D eigenvalue weighted by Gasteiger charge is 2.52. The molecule has 0 saturated heterocycles. The first-order valence-corrected chi connectivity index (χ1v) is 14.5. The number of aromatic nitrogens is 2. The molecule has 1 aromatic heterocycles. The maximum atomic E-state index is 14.4. The van der Waals surface area contributed by atoms with E-state index in [1.807, 2.05) is 61.8 Å². The summed E-state index contributed by atoms with van der Waals surface area (Å²) in [6.45, 7) is 0. The SMILES string of the molecule is CSc1nc(-c2ccccc2)n(C)c(=O)c1[P+](c1ccccc1)(c1ccccc1)c1ccccc1. The van der Waals surface area contributed by atoms with Crippen LogP contribution < -0.4 is 26.8 Å². The summed E-state index contributed by atoms with van der Waals surface area (Å²) in [5.74, 6) is 0.677. The van der Waals surface area contributed by atoms with E-state index in [2.05, 4.69) is 72.8 Å². The van der Waals surface area contributed by atoms with Gasteiger partial charge in [0.25, 0.3) is 5.56 Å². The van der Waals surface area contributed by atoms with Gasteiger partial charge in [-0.1, -0.05) is 84.9 Å². The lowest BCUT2D eigenvalue weighted by molar-refractivity contribution is 0.824. The van der Waals surface area contributed by atoms with Crippen LogP contribution in [0.25, 0.3) is 11.4 Å². The highest BCUT2D eigenvalue weighted by molar-refractivity contribution is 8.04. The van der Waals surface area contributed by atoms with Crippen LogP contribution in [0.2, 0.25) is 0 Å². The Bertz CT molecular complexity index is 1390. The number of benzene rings is 4. The second kappa shape index (κ2) is 10.0. The Morgan fingerprint density at radius 2 is 1.06 bits per heavy atom. The fraction of sp³-hybridized carbons (Fsp3) is 0.0667. The molecule has 0 spiro atoms. The number of hydrogen-bond acceptors (Lipinski definition) is 3. The molecule has 0 fully saturated rings. The van der Waals surface area contributed by atoms with Crippen LogP contribution in [0.3, 0.4) is 0 Å². The summed E-state index contributed by atoms with van der Waals surface area (Å²) in [5.41, 5.74) is 0.921. The molecule has 0 radical (unpaired) electrons. The maximum Gasteiger partial charge on any atom is 0.298 e. The van der Waals surface area contributed by atoms with Crippen LogP contribution in [0, 0.1) is 0 Å². The second-order valence-electron chi connectivity index (χ2n) is 8.20. The standard InChI is InChI=1S/C30H26N2OPS/c1-32-28(23-15-7-3-8-16-23)31-29(35-2)27(30(32)33)34(24-17-9-4-10-18-24,25-19-11-5-12-20-25)26-21-13-6-14-22-26/h3-22H,1-2H3/q+1. The van der Waals surface area contributed by atoms with Gasteiger partial charge in [0, 0.05) is 12.6 Å². The third-order valence-electron chi connectivity index (χ3n) is 6.23. The van der Waals surface area contributed by atoms with Crippen LogP contribution in [-0.2, 0) is 7.05 Å². The van der Waals surface area contributed by atoms with Gasteiger partial charge in [-0.2, -0.15) is 0 Å². The van der Waals surface area contributed by atoms with Gasteiger partial charge in [-0.05, 0) is 42.7 Å². The van der Waals surface area contributed by atoms with Crippen LogP contribution >= 0.6 is 19.0 Å². The van der Waals surface area contributed by atoms with Crippen molar-refractivity contribution in [2.45, 2.75) is 5.03 Å². The Kier molecular flexibility index (Phi) is 6.68. The van der Waals surface area contributed by atoms with Crippen molar-refractivity contribution in [3.63, 3.8) is 0 Å². The fourth-order valence-electron chi connectivity index (χ4n) is 4.63. The van der Waals surface area contributed by atoms with Crippen molar-refractivity contribution in [3.05, 3.63) is 132 Å². The lowest BCUT2D eigenvalue weighted by Crippen LogP contribution is -2.48. The minimum absolute atomic E-state index is 0.00639. The quantitative estimate of drug-likeness (QED) is 0.194. The van der Waals surface area contributed by atoms with Crippen LogP contribution in [0.5, 0.6) is 0 Å². The van der Waals surface area contributed by atoms with Gasteiger partial charge >= 0.3 is 0 Å². The van der Waals surface area contributed by atoms with Crippen molar-refractivity contribution < 1.29 is 0 Å². The third-order valence-corrected chi connectivity index (χ3v) is 11.4. The van der Waals surface area contributed by atoms with Gasteiger partial charge in [-0.15, -0.1) is 11.8 Å². The number of thioether (sulfide) groups is 1. The maximum absolute atomic E-state index is 14.4. The average molecular weight is 494 g/mol. The van der Waals surface area contributed by atoms with Gasteiger partial charge in [0.2, 0.25) is 5.30 Å². The third kappa shape index (κ3) is 4.03. The van der Waals surface area contributed by atoms with Gasteiger partial charge in [0.1, 0.15) is 26.8 Å². The molecule has 5 heteroatoms. The topological polar surface area (TPSA) is 34.9 Å². The Balaban J connectivity index is 1.96. The van der Waals surface area contributed by atoms with E-state index in [1.54, 1.807) is 16.3 Å². The summed E-state index contributed by atoms with van der Waals surface area (Å²) in [7, 11) is -0.718. The molecule has 5 aromatic rings. The zero-order valence-corrected chi connectivity index (χ0v) is 21.4. The fourth-order valence-corrected chi connectivity index (χ4v) is 10.1. The van der Waals surface area contributed by atoms with Crippen molar-refractivity contribution in [1.82, 2.24) is 9.55 Å². The molecule has 0 aliphatic heterocycles. The van der Waals surface area contributed by atoms with E-state index in [9.17, 15) is 4.79 Å². The first-order valence-electron chi connectivity index (χ1n) is 11.4. The number of nitrogens with zero attached hydrogens (tertiary/aromatic N) is 2. The molecule has 0 atom stereocenters. The normalized spacial score (nSPS) is 11.4. The predicted octanol–water partition coefficient (Wildman–Crippen LogP) is 4.79. The summed E-state index contributed by atoms with van der Waals surface area (Å²) in [5, 5.41) is 4.96. The van der Waals surface area contributed by atoms with Crippen LogP contribution in [0.15, 0.2) is 131 Å². The molecule has 35 heavy (non-hydrogen) atoms. The Hall–Kier alpha value is -3.46. The summed E-state index contributed by atoms with van der Waals surface area (Å²) in [4.78, 5) is 19.6. The van der Waals surface area contributed by atoms with Gasteiger partial charge < -0.3 is 0 Å². The zero-order valence-electron chi connectivity index (χ0n) is 19.7. The van der Waals surface area contributed by atoms with Crippen molar-refractivity contribution >= 4 is 40.2 Å². The molecule has 0 amide bonds. The summed E-state index contributed by atoms with van der Waals surface area (Å²) < 4.78 is 1.72. The van der Waals surface area contributed by atoms with E-state index in [0.29, 0.717) is 5.82 Å². The predicted molar refractivity (Wildman–Crippen MR) is 151 cm³/mol. The minimum atomic E-state index is -2.55. The van der Waals surface area contributed by atoms with E-state index in [0.717, 1.165) is 31.8 Å². The number of rotatable bonds is 6. The molecule has 4 aromatic carbocycles. The molecular weight excluding hydrogens is 467 g/mol. The minimum Gasteiger partial charge on any atom is -0.292 e. The average Bonchev–Trinajstić information content (AvgIpc) is 2.94. The smallest absolute Gasteiger partial charge is 0.292 e. The van der Waals surface area contributed by atoms with E-state index < -0.39 is 7.26 Å². The first-order chi connectivity index (χ1) is 17.2. The van der Waals surface area contributed by atoms with E-state index in [1.165, 1.54) is 0 Å². The van der Waals surface area contributed by atoms with Gasteiger partial charge in [-0.3, -0.25) is 9.36 Å². The monoisotopic (exact) mass is 493 g/mol. The molecule has 0 N–H and O–H groups in total. The molecule has 5 rings (SSSR count). The van der Waals surface area contributed by atoms with Crippen LogP contribution in [0.1, 0.15) is 0 Å². The van der Waals surface area contributed by atoms with E-state index >= 15 is 0 Å². The molecule has 0 saturated carbocycles. The van der Waals surface area contributed by atoms with Crippen molar-refractivity contribution in [2.75, 3.05) is 6.26 Å². The summed E-state index contributed by atoms with van der Waals surface area (Å²) in [6, 6.07) is 41.3. The Labute approximate surface area is 210 Å². The Morgan fingerprint density at radius 3 is 1.46 bits per heavy atom. The largest absolute Gasteiger partial charge is 0.298 e. The van der Waals surface area contributed by atoms with E-state index in [4.69, 9.17) is 4.98 Å². The van der Waals surface area contributed by atoms with Crippen LogP contribution in [-0.4, -0.2) is 15.8 Å². The van der Waals surface area contributed by atoms with Gasteiger partial charge in [0.15, 0.2) is 7.26 Å². The van der Waals surface area contributed by atoms with Crippen molar-refractivity contribution in [1.29, 1.82) is 0 Å². The molecule has 0 bridgehead atoms. The van der Waals surface area contributed by atoms with Crippen LogP contribution in [0.4, 0.5) is 0 Å².